The summed E-state index contributed by atoms with van der Waals surface area (Å²) >= 11 is 5.93. The summed E-state index contributed by atoms with van der Waals surface area (Å²) in [4.78, 5) is 33.7. The van der Waals surface area contributed by atoms with Gasteiger partial charge >= 0.3 is 0 Å². The van der Waals surface area contributed by atoms with Gasteiger partial charge in [-0.15, -0.1) is 0 Å². The van der Waals surface area contributed by atoms with Gasteiger partial charge in [-0.1, -0.05) is 23.7 Å². The van der Waals surface area contributed by atoms with Crippen molar-refractivity contribution in [3.05, 3.63) is 94.8 Å². The van der Waals surface area contributed by atoms with Crippen LogP contribution in [0.2, 0.25) is 5.02 Å². The highest BCUT2D eigenvalue weighted by molar-refractivity contribution is 7.91. The first-order valence-corrected chi connectivity index (χ1v) is 12.5. The highest BCUT2D eigenvalue weighted by Gasteiger charge is 2.31. The van der Waals surface area contributed by atoms with E-state index in [1.165, 1.54) is 36.4 Å². The van der Waals surface area contributed by atoms with Crippen molar-refractivity contribution in [1.82, 2.24) is 15.3 Å². The number of anilines is 1. The molecule has 2 amide bonds. The number of phenols is 1. The van der Waals surface area contributed by atoms with Crippen molar-refractivity contribution in [3.8, 4) is 17.1 Å². The molecule has 1 aliphatic heterocycles. The number of phenolic OH excluding ortho intramolecular Hbond substituents is 1. The summed E-state index contributed by atoms with van der Waals surface area (Å²) < 4.78 is 26.2. The van der Waals surface area contributed by atoms with Crippen LogP contribution in [0, 0.1) is 0 Å². The maximum Gasteiger partial charge on any atom is 0.257 e. The molecule has 5 rings (SSSR count). The summed E-state index contributed by atoms with van der Waals surface area (Å²) in [6.07, 6.45) is 3.09. The minimum absolute atomic E-state index is 0.0316. The van der Waals surface area contributed by atoms with Crippen LogP contribution >= 0.6 is 11.6 Å². The first kappa shape index (κ1) is 23.5. The van der Waals surface area contributed by atoms with Crippen molar-refractivity contribution < 1.29 is 23.1 Å². The lowest BCUT2D eigenvalue weighted by molar-refractivity contribution is 0.0949. The van der Waals surface area contributed by atoms with E-state index in [0.717, 1.165) is 0 Å². The second-order valence-corrected chi connectivity index (χ2v) is 10.2. The van der Waals surface area contributed by atoms with Gasteiger partial charge in [-0.2, -0.15) is 0 Å². The number of halogens is 1. The van der Waals surface area contributed by atoms with Crippen molar-refractivity contribution in [2.24, 2.45) is 0 Å². The number of carbonyl (C=O) groups excluding carboxylic acids is 2. The lowest BCUT2D eigenvalue weighted by Crippen LogP contribution is -2.23. The molecule has 0 saturated heterocycles. The van der Waals surface area contributed by atoms with Gasteiger partial charge in [-0.25, -0.2) is 18.4 Å². The molecule has 0 fully saturated rings. The molecule has 0 atom stereocenters. The summed E-state index contributed by atoms with van der Waals surface area (Å²) in [6.45, 7) is 0.114. The molecular weight excluding hydrogens is 504 g/mol. The Balaban J connectivity index is 1.33. The average Bonchev–Trinajstić information content (AvgIpc) is 2.96. The van der Waals surface area contributed by atoms with Crippen LogP contribution in [0.3, 0.4) is 0 Å². The van der Waals surface area contributed by atoms with Crippen LogP contribution in [0.4, 0.5) is 5.69 Å². The number of rotatable bonds is 4. The maximum atomic E-state index is 13.1. The molecule has 9 nitrogen and oxygen atoms in total. The Hall–Kier alpha value is -4.28. The van der Waals surface area contributed by atoms with Crippen LogP contribution in [-0.2, 0) is 16.4 Å². The predicted molar refractivity (Wildman–Crippen MR) is 132 cm³/mol. The van der Waals surface area contributed by atoms with Gasteiger partial charge < -0.3 is 15.7 Å². The van der Waals surface area contributed by atoms with Crippen molar-refractivity contribution in [1.29, 1.82) is 0 Å². The lowest BCUT2D eigenvalue weighted by atomic mass is 10.1. The molecular formula is C25H17ClN4O5S. The van der Waals surface area contributed by atoms with E-state index in [1.807, 2.05) is 0 Å². The third-order valence-electron chi connectivity index (χ3n) is 5.56. The Morgan fingerprint density at radius 2 is 1.75 bits per heavy atom. The number of fused-ring (bicyclic) bond motifs is 2. The molecule has 180 valence electrons. The first-order valence-electron chi connectivity index (χ1n) is 10.6. The Bertz CT molecular complexity index is 1640. The molecule has 36 heavy (non-hydrogen) atoms. The van der Waals surface area contributed by atoms with Crippen LogP contribution in [-0.4, -0.2) is 35.3 Å². The molecule has 3 aromatic carbocycles. The lowest BCUT2D eigenvalue weighted by Gasteiger charge is -2.10. The monoisotopic (exact) mass is 520 g/mol. The minimum Gasteiger partial charge on any atom is -0.506 e. The van der Waals surface area contributed by atoms with Crippen LogP contribution in [0.25, 0.3) is 11.4 Å². The molecule has 1 aromatic heterocycles. The number of carbonyl (C=O) groups is 2. The number of hydrogen-bond acceptors (Lipinski definition) is 7. The normalized spacial score (nSPS) is 13.6. The van der Waals surface area contributed by atoms with Gasteiger partial charge in [0.15, 0.2) is 5.82 Å². The molecule has 3 N–H and O–H groups in total. The zero-order valence-electron chi connectivity index (χ0n) is 18.4. The van der Waals surface area contributed by atoms with E-state index in [4.69, 9.17) is 11.6 Å². The van der Waals surface area contributed by atoms with Crippen molar-refractivity contribution >= 4 is 38.9 Å². The van der Waals surface area contributed by atoms with Crippen LogP contribution < -0.4 is 10.6 Å². The molecule has 0 unspecified atom stereocenters. The second kappa shape index (κ2) is 9.06. The summed E-state index contributed by atoms with van der Waals surface area (Å²) in [5.41, 5.74) is 1.49. The van der Waals surface area contributed by atoms with Gasteiger partial charge in [0.2, 0.25) is 9.84 Å². The van der Waals surface area contributed by atoms with E-state index in [0.29, 0.717) is 17.0 Å². The predicted octanol–water partition coefficient (Wildman–Crippen LogP) is 3.83. The fourth-order valence-corrected chi connectivity index (χ4v) is 5.50. The molecule has 0 saturated carbocycles. The van der Waals surface area contributed by atoms with E-state index in [1.54, 1.807) is 36.7 Å². The Kier molecular flexibility index (Phi) is 5.91. The highest BCUT2D eigenvalue weighted by atomic mass is 35.5. The van der Waals surface area contributed by atoms with Gasteiger partial charge in [0.05, 0.1) is 26.1 Å². The molecule has 4 aromatic rings. The number of nitrogens with zero attached hydrogens (tertiary/aromatic N) is 2. The largest absolute Gasteiger partial charge is 0.506 e. The third kappa shape index (κ3) is 4.28. The Morgan fingerprint density at radius 1 is 1.00 bits per heavy atom. The summed E-state index contributed by atoms with van der Waals surface area (Å²) in [6, 6.07) is 14.6. The zero-order chi connectivity index (χ0) is 25.4. The molecule has 0 aliphatic carbocycles. The van der Waals surface area contributed by atoms with E-state index in [9.17, 15) is 23.1 Å². The van der Waals surface area contributed by atoms with Gasteiger partial charge in [0.25, 0.3) is 11.8 Å². The van der Waals surface area contributed by atoms with Crippen LogP contribution in [0.1, 0.15) is 26.3 Å². The van der Waals surface area contributed by atoms with Gasteiger partial charge in [-0.3, -0.25) is 9.59 Å². The minimum atomic E-state index is -3.95. The molecule has 11 heteroatoms. The average molecular weight is 521 g/mol. The number of aromatic nitrogens is 2. The number of nitrogens with one attached hydrogen (secondary N) is 2. The molecule has 1 aliphatic rings. The standard InChI is InChI=1S/C25H17ClN4O5S/c26-18-9-15(5-7-20(18)31)23-27-11-14(12-28-23)13-29-24(32)16-6-8-22-19(10-16)30-25(33)17-3-1-2-4-21(17)36(22,34)35/h1-12,31H,13H2,(H,29,32)(H,30,33). The van der Waals surface area contributed by atoms with Crippen molar-refractivity contribution in [2.45, 2.75) is 16.3 Å². The van der Waals surface area contributed by atoms with Crippen molar-refractivity contribution in [3.63, 3.8) is 0 Å². The fraction of sp³-hybridized carbons (Fsp3) is 0.0400. The Labute approximate surface area is 210 Å². The number of hydrogen-bond donors (Lipinski definition) is 3. The molecule has 0 spiro atoms. The van der Waals surface area contributed by atoms with E-state index in [2.05, 4.69) is 20.6 Å². The topological polar surface area (TPSA) is 138 Å². The quantitative estimate of drug-likeness (QED) is 0.371. The summed E-state index contributed by atoms with van der Waals surface area (Å²) in [7, 11) is -3.95. The second-order valence-electron chi connectivity index (χ2n) is 7.93. The number of amides is 2. The smallest absolute Gasteiger partial charge is 0.257 e. The fourth-order valence-electron chi connectivity index (χ4n) is 3.73. The third-order valence-corrected chi connectivity index (χ3v) is 7.74. The number of aromatic hydroxyl groups is 1. The molecule has 2 heterocycles. The van der Waals surface area contributed by atoms with Crippen LogP contribution in [0.15, 0.2) is 82.8 Å². The van der Waals surface area contributed by atoms with Gasteiger partial charge in [0.1, 0.15) is 5.75 Å². The van der Waals surface area contributed by atoms with E-state index in [-0.39, 0.29) is 43.9 Å². The zero-order valence-corrected chi connectivity index (χ0v) is 20.0. The van der Waals surface area contributed by atoms with Crippen LogP contribution in [0.5, 0.6) is 5.75 Å². The highest BCUT2D eigenvalue weighted by Crippen LogP contribution is 2.34. The van der Waals surface area contributed by atoms with Gasteiger partial charge in [-0.05, 0) is 48.5 Å². The van der Waals surface area contributed by atoms with Crippen molar-refractivity contribution in [2.75, 3.05) is 5.32 Å². The Morgan fingerprint density at radius 3 is 2.50 bits per heavy atom. The van der Waals surface area contributed by atoms with Gasteiger partial charge in [0, 0.05) is 35.6 Å². The number of sulfone groups is 1. The molecule has 0 radical (unpaired) electrons. The number of benzene rings is 3. The summed E-state index contributed by atoms with van der Waals surface area (Å²) in [5, 5.41) is 15.0. The first-order chi connectivity index (χ1) is 17.2. The van der Waals surface area contributed by atoms with E-state index < -0.39 is 21.7 Å². The summed E-state index contributed by atoms with van der Waals surface area (Å²) in [5.74, 6) is -0.687. The molecule has 0 bridgehead atoms. The SMILES string of the molecule is O=C(NCc1cnc(-c2ccc(O)c(Cl)c2)nc1)c1ccc2c(c1)NC(=O)c1ccccc1S2(=O)=O. The van der Waals surface area contributed by atoms with E-state index >= 15 is 0 Å². The maximum absolute atomic E-state index is 13.1.